The van der Waals surface area contributed by atoms with E-state index in [4.69, 9.17) is 46.3 Å². The van der Waals surface area contributed by atoms with Crippen molar-refractivity contribution in [2.24, 2.45) is 0 Å². The predicted molar refractivity (Wildman–Crippen MR) is 75.8 cm³/mol. The average Bonchev–Trinajstić information content (AvgIpc) is 2.34. The predicted octanol–water partition coefficient (Wildman–Crippen LogP) is 2.57. The van der Waals surface area contributed by atoms with Crippen LogP contribution in [0.25, 0.3) is 11.3 Å². The monoisotopic (exact) mass is 334 g/mol. The van der Waals surface area contributed by atoms with Crippen molar-refractivity contribution in [3.63, 3.8) is 0 Å². The molecule has 1 aromatic heterocycles. The number of rotatable bonds is 2. The van der Waals surface area contributed by atoms with Gasteiger partial charge in [0, 0.05) is 5.56 Å². The van der Waals surface area contributed by atoms with E-state index in [9.17, 15) is 10.1 Å². The van der Waals surface area contributed by atoms with Gasteiger partial charge in [-0.05, 0) is 6.07 Å². The molecule has 20 heavy (non-hydrogen) atoms. The summed E-state index contributed by atoms with van der Waals surface area (Å²) in [7, 11) is 0. The van der Waals surface area contributed by atoms with Gasteiger partial charge < -0.3 is 11.5 Å². The molecule has 0 aliphatic heterocycles. The van der Waals surface area contributed by atoms with Crippen LogP contribution in [0.3, 0.4) is 0 Å². The van der Waals surface area contributed by atoms with E-state index in [2.05, 4.69) is 15.2 Å². The molecular formula is C9H5Cl3N6O2. The summed E-state index contributed by atoms with van der Waals surface area (Å²) in [6.45, 7) is 0. The van der Waals surface area contributed by atoms with Crippen molar-refractivity contribution >= 4 is 52.3 Å². The number of halogens is 3. The minimum Gasteiger partial charge on any atom is -0.382 e. The molecule has 2 rings (SSSR count). The zero-order chi connectivity index (χ0) is 15.0. The first-order chi connectivity index (χ1) is 9.32. The van der Waals surface area contributed by atoms with Crippen LogP contribution in [0, 0.1) is 10.1 Å². The van der Waals surface area contributed by atoms with Gasteiger partial charge in [-0.15, -0.1) is 10.2 Å². The van der Waals surface area contributed by atoms with Gasteiger partial charge in [0.1, 0.15) is 15.7 Å². The molecule has 4 N–H and O–H groups in total. The molecule has 0 radical (unpaired) electrons. The van der Waals surface area contributed by atoms with E-state index in [1.54, 1.807) is 0 Å². The third-order valence-corrected chi connectivity index (χ3v) is 3.45. The number of aromatic nitrogens is 3. The minimum atomic E-state index is -0.739. The van der Waals surface area contributed by atoms with Crippen molar-refractivity contribution in [3.8, 4) is 11.3 Å². The van der Waals surface area contributed by atoms with Gasteiger partial charge in [0.2, 0.25) is 5.95 Å². The number of nitrogen functional groups attached to an aromatic ring is 2. The Hall–Kier alpha value is -1.90. The van der Waals surface area contributed by atoms with Gasteiger partial charge in [-0.2, -0.15) is 4.98 Å². The molecule has 2 aromatic rings. The Balaban J connectivity index is 2.73. The van der Waals surface area contributed by atoms with Crippen molar-refractivity contribution in [1.82, 2.24) is 15.2 Å². The smallest absolute Gasteiger partial charge is 0.307 e. The van der Waals surface area contributed by atoms with E-state index in [1.807, 2.05) is 0 Å². The highest BCUT2D eigenvalue weighted by Crippen LogP contribution is 2.44. The van der Waals surface area contributed by atoms with Crippen LogP contribution in [0.5, 0.6) is 0 Å². The van der Waals surface area contributed by atoms with Gasteiger partial charge in [-0.1, -0.05) is 34.8 Å². The number of hydrogen-bond acceptors (Lipinski definition) is 7. The zero-order valence-corrected chi connectivity index (χ0v) is 11.7. The van der Waals surface area contributed by atoms with Crippen LogP contribution in [-0.2, 0) is 0 Å². The molecule has 0 saturated heterocycles. The highest BCUT2D eigenvalue weighted by molar-refractivity contribution is 6.47. The Labute approximate surface area is 126 Å². The van der Waals surface area contributed by atoms with E-state index >= 15 is 0 Å². The molecule has 0 amide bonds. The Bertz CT molecular complexity index is 723. The largest absolute Gasteiger partial charge is 0.382 e. The maximum Gasteiger partial charge on any atom is 0.307 e. The molecule has 1 heterocycles. The number of hydrogen-bond donors (Lipinski definition) is 2. The van der Waals surface area contributed by atoms with Gasteiger partial charge in [0.25, 0.3) is 0 Å². The standard InChI is InChI=1S/C9H5Cl3N6O2/c10-3-1-2(4(11)5(12)7(3)18(19)20)6-8(13)15-9(14)17-16-6/h1H,(H4,13,14,15,17). The fourth-order valence-corrected chi connectivity index (χ4v) is 2.30. The Morgan fingerprint density at radius 1 is 1.15 bits per heavy atom. The van der Waals surface area contributed by atoms with Gasteiger partial charge in [0.15, 0.2) is 5.82 Å². The highest BCUT2D eigenvalue weighted by atomic mass is 35.5. The maximum atomic E-state index is 10.9. The van der Waals surface area contributed by atoms with Gasteiger partial charge in [0.05, 0.1) is 9.95 Å². The maximum absolute atomic E-state index is 10.9. The van der Waals surface area contributed by atoms with Crippen LogP contribution in [-0.4, -0.2) is 20.1 Å². The van der Waals surface area contributed by atoms with Crippen molar-refractivity contribution in [1.29, 1.82) is 0 Å². The summed E-state index contributed by atoms with van der Waals surface area (Å²) in [6.07, 6.45) is 0. The van der Waals surface area contributed by atoms with Crippen LogP contribution in [0.15, 0.2) is 6.07 Å². The minimum absolute atomic E-state index is 0.0552. The molecule has 0 fully saturated rings. The van der Waals surface area contributed by atoms with E-state index in [0.29, 0.717) is 0 Å². The second kappa shape index (κ2) is 5.23. The lowest BCUT2D eigenvalue weighted by molar-refractivity contribution is -0.384. The second-order valence-electron chi connectivity index (χ2n) is 3.54. The van der Waals surface area contributed by atoms with Crippen molar-refractivity contribution in [3.05, 3.63) is 31.2 Å². The molecule has 0 unspecified atom stereocenters. The number of nitrogens with two attached hydrogens (primary N) is 2. The molecule has 11 heteroatoms. The van der Waals surface area contributed by atoms with Crippen LogP contribution in [0.1, 0.15) is 0 Å². The molecule has 8 nitrogen and oxygen atoms in total. The summed E-state index contributed by atoms with van der Waals surface area (Å²) < 4.78 is 0. The number of nitrogens with zero attached hydrogens (tertiary/aromatic N) is 4. The first-order valence-corrected chi connectivity index (χ1v) is 6.04. The van der Waals surface area contributed by atoms with Crippen LogP contribution < -0.4 is 11.5 Å². The summed E-state index contributed by atoms with van der Waals surface area (Å²) in [4.78, 5) is 13.8. The van der Waals surface area contributed by atoms with Crippen LogP contribution in [0.4, 0.5) is 17.5 Å². The Morgan fingerprint density at radius 3 is 2.35 bits per heavy atom. The number of nitro groups is 1. The van der Waals surface area contributed by atoms with Crippen molar-refractivity contribution in [2.75, 3.05) is 11.5 Å². The zero-order valence-electron chi connectivity index (χ0n) is 9.47. The van der Waals surface area contributed by atoms with Gasteiger partial charge >= 0.3 is 5.69 Å². The lowest BCUT2D eigenvalue weighted by Crippen LogP contribution is -2.05. The Kier molecular flexibility index (Phi) is 3.80. The fraction of sp³-hybridized carbons (Fsp3) is 0. The number of nitro benzene ring substituents is 1. The van der Waals surface area contributed by atoms with E-state index < -0.39 is 10.6 Å². The topological polar surface area (TPSA) is 134 Å². The van der Waals surface area contributed by atoms with E-state index in [-0.39, 0.29) is 38.1 Å². The van der Waals surface area contributed by atoms with Crippen LogP contribution in [0.2, 0.25) is 15.1 Å². The van der Waals surface area contributed by atoms with Crippen molar-refractivity contribution in [2.45, 2.75) is 0 Å². The second-order valence-corrected chi connectivity index (χ2v) is 4.71. The van der Waals surface area contributed by atoms with Gasteiger partial charge in [-0.3, -0.25) is 10.1 Å². The van der Waals surface area contributed by atoms with E-state index in [0.717, 1.165) is 0 Å². The summed E-state index contributed by atoms with van der Waals surface area (Å²) in [5, 5.41) is 17.5. The first-order valence-electron chi connectivity index (χ1n) is 4.90. The molecule has 0 spiro atoms. The van der Waals surface area contributed by atoms with Crippen molar-refractivity contribution < 1.29 is 4.92 Å². The van der Waals surface area contributed by atoms with Gasteiger partial charge in [-0.25, -0.2) is 0 Å². The normalized spacial score (nSPS) is 10.6. The molecular weight excluding hydrogens is 330 g/mol. The molecule has 0 aliphatic carbocycles. The Morgan fingerprint density at radius 2 is 1.80 bits per heavy atom. The first kappa shape index (κ1) is 14.5. The molecule has 0 saturated carbocycles. The lowest BCUT2D eigenvalue weighted by Gasteiger charge is -2.08. The number of anilines is 2. The molecule has 0 aliphatic rings. The average molecular weight is 336 g/mol. The summed E-state index contributed by atoms with van der Waals surface area (Å²) >= 11 is 17.6. The number of benzene rings is 1. The summed E-state index contributed by atoms with van der Waals surface area (Å²) in [6, 6.07) is 1.21. The lowest BCUT2D eigenvalue weighted by atomic mass is 10.1. The third-order valence-electron chi connectivity index (χ3n) is 2.30. The molecule has 0 bridgehead atoms. The van der Waals surface area contributed by atoms with Crippen LogP contribution >= 0.6 is 34.8 Å². The molecule has 104 valence electrons. The SMILES string of the molecule is Nc1nnc(-c2cc(Cl)c([N+](=O)[O-])c(Cl)c2Cl)c(N)n1. The molecule has 0 atom stereocenters. The quantitative estimate of drug-likeness (QED) is 0.489. The fourth-order valence-electron chi connectivity index (χ4n) is 1.47. The molecule has 1 aromatic carbocycles. The summed E-state index contributed by atoms with van der Waals surface area (Å²) in [5.41, 5.74) is 10.7. The summed E-state index contributed by atoms with van der Waals surface area (Å²) in [5.74, 6) is -0.179. The third kappa shape index (κ3) is 2.40. The highest BCUT2D eigenvalue weighted by Gasteiger charge is 2.25. The van der Waals surface area contributed by atoms with E-state index in [1.165, 1.54) is 6.07 Å².